The van der Waals surface area contributed by atoms with Gasteiger partial charge in [0.15, 0.2) is 0 Å². The van der Waals surface area contributed by atoms with Crippen LogP contribution in [0.1, 0.15) is 19.8 Å². The van der Waals surface area contributed by atoms with E-state index in [4.69, 9.17) is 11.6 Å². The summed E-state index contributed by atoms with van der Waals surface area (Å²) in [6.45, 7) is 1.71. The minimum Gasteiger partial charge on any atom is -0.259 e. The zero-order valence-electron chi connectivity index (χ0n) is 6.13. The zero-order chi connectivity index (χ0) is 8.43. The molecule has 0 saturated heterocycles. The summed E-state index contributed by atoms with van der Waals surface area (Å²) >= 11 is 5.69. The zero-order valence-corrected chi connectivity index (χ0v) is 6.89. The molecule has 0 amide bonds. The molecule has 0 aromatic carbocycles. The second-order valence-corrected chi connectivity index (χ2v) is 2.96. The quantitative estimate of drug-likeness (QED) is 0.452. The van der Waals surface area contributed by atoms with Gasteiger partial charge in [-0.05, 0) is 19.4 Å². The van der Waals surface area contributed by atoms with Crippen LogP contribution >= 0.6 is 11.6 Å². The summed E-state index contributed by atoms with van der Waals surface area (Å²) in [5, 5.41) is 11.0. The number of hydrogen-bond donors (Lipinski definition) is 0. The summed E-state index contributed by atoms with van der Waals surface area (Å²) in [7, 11) is 0. The van der Waals surface area contributed by atoms with E-state index in [-0.39, 0.29) is 10.6 Å². The second-order valence-electron chi connectivity index (χ2n) is 2.48. The minimum atomic E-state index is -0.338. The van der Waals surface area contributed by atoms with Gasteiger partial charge >= 0.3 is 0 Å². The van der Waals surface area contributed by atoms with Crippen LogP contribution < -0.4 is 0 Å². The number of halogens is 1. The first-order chi connectivity index (χ1) is 5.11. The summed E-state index contributed by atoms with van der Waals surface area (Å²) in [6, 6.07) is 0. The first-order valence-electron chi connectivity index (χ1n) is 3.31. The van der Waals surface area contributed by atoms with Gasteiger partial charge in [0, 0.05) is 17.0 Å². The number of rotatable bonds is 1. The van der Waals surface area contributed by atoms with Gasteiger partial charge in [-0.3, -0.25) is 10.1 Å². The van der Waals surface area contributed by atoms with E-state index in [2.05, 4.69) is 0 Å². The van der Waals surface area contributed by atoms with Gasteiger partial charge in [0.05, 0.1) is 4.92 Å². The molecule has 0 aromatic rings. The highest BCUT2D eigenvalue weighted by molar-refractivity contribution is 6.29. The van der Waals surface area contributed by atoms with Crippen molar-refractivity contribution in [2.75, 3.05) is 0 Å². The number of hydrogen-bond acceptors (Lipinski definition) is 2. The predicted octanol–water partition coefficient (Wildman–Crippen LogP) is 2.45. The average molecular weight is 174 g/mol. The molecular formula is C7H8ClNO2. The fraction of sp³-hybridized carbons (Fsp3) is 0.429. The van der Waals surface area contributed by atoms with Gasteiger partial charge in [-0.15, -0.1) is 0 Å². The van der Waals surface area contributed by atoms with Crippen LogP contribution in [0.15, 0.2) is 22.4 Å². The molecule has 0 N–H and O–H groups in total. The van der Waals surface area contributed by atoms with E-state index in [1.54, 1.807) is 13.0 Å². The number of nitro groups is 1. The third kappa shape index (κ3) is 1.80. The molecule has 0 radical (unpaired) electrons. The Kier molecular flexibility index (Phi) is 2.29. The van der Waals surface area contributed by atoms with Crippen LogP contribution in [-0.2, 0) is 0 Å². The van der Waals surface area contributed by atoms with E-state index in [0.717, 1.165) is 0 Å². The molecular weight excluding hydrogens is 166 g/mol. The summed E-state index contributed by atoms with van der Waals surface area (Å²) in [4.78, 5) is 10.0. The van der Waals surface area contributed by atoms with Crippen LogP contribution in [0.25, 0.3) is 0 Å². The molecule has 0 aromatic heterocycles. The largest absolute Gasteiger partial charge is 0.259 e. The Labute approximate surface area is 69.5 Å². The van der Waals surface area contributed by atoms with E-state index in [0.29, 0.717) is 23.4 Å². The maximum atomic E-state index is 10.3. The molecule has 3 nitrogen and oxygen atoms in total. The third-order valence-corrected chi connectivity index (χ3v) is 1.95. The molecule has 1 aliphatic carbocycles. The van der Waals surface area contributed by atoms with Gasteiger partial charge in [0.25, 0.3) is 0 Å². The summed E-state index contributed by atoms with van der Waals surface area (Å²) in [5.41, 5.74) is 0.959. The highest BCUT2D eigenvalue weighted by Gasteiger charge is 2.18. The standard InChI is InChI=1S/C7H8ClNO2/c1-5-4-6(8)2-3-7(5)9(10)11/h4H,2-3H2,1H3. The van der Waals surface area contributed by atoms with Crippen LogP contribution in [0, 0.1) is 10.1 Å². The van der Waals surface area contributed by atoms with Crippen LogP contribution in [0.3, 0.4) is 0 Å². The van der Waals surface area contributed by atoms with Crippen molar-refractivity contribution in [3.63, 3.8) is 0 Å². The topological polar surface area (TPSA) is 43.1 Å². The molecule has 60 valence electrons. The highest BCUT2D eigenvalue weighted by atomic mass is 35.5. The van der Waals surface area contributed by atoms with Crippen molar-refractivity contribution >= 4 is 11.6 Å². The lowest BCUT2D eigenvalue weighted by molar-refractivity contribution is -0.429. The molecule has 0 fully saturated rings. The lowest BCUT2D eigenvalue weighted by Crippen LogP contribution is -2.04. The van der Waals surface area contributed by atoms with Gasteiger partial charge in [0.2, 0.25) is 5.70 Å². The van der Waals surface area contributed by atoms with Gasteiger partial charge in [-0.2, -0.15) is 0 Å². The fourth-order valence-corrected chi connectivity index (χ4v) is 1.32. The lowest BCUT2D eigenvalue weighted by atomic mass is 10.1. The van der Waals surface area contributed by atoms with E-state index >= 15 is 0 Å². The molecule has 0 bridgehead atoms. The van der Waals surface area contributed by atoms with Crippen molar-refractivity contribution < 1.29 is 4.92 Å². The molecule has 0 atom stereocenters. The Morgan fingerprint density at radius 3 is 2.73 bits per heavy atom. The van der Waals surface area contributed by atoms with Gasteiger partial charge in [0.1, 0.15) is 0 Å². The molecule has 0 aliphatic heterocycles. The van der Waals surface area contributed by atoms with Crippen molar-refractivity contribution in [3.05, 3.63) is 32.5 Å². The van der Waals surface area contributed by atoms with Crippen LogP contribution in [0.5, 0.6) is 0 Å². The summed E-state index contributed by atoms with van der Waals surface area (Å²) in [6.07, 6.45) is 2.70. The Morgan fingerprint density at radius 1 is 1.64 bits per heavy atom. The van der Waals surface area contributed by atoms with Crippen molar-refractivity contribution in [2.24, 2.45) is 0 Å². The molecule has 0 spiro atoms. The maximum Gasteiger partial charge on any atom is 0.249 e. The van der Waals surface area contributed by atoms with E-state index in [1.165, 1.54) is 0 Å². The Morgan fingerprint density at radius 2 is 2.27 bits per heavy atom. The van der Waals surface area contributed by atoms with E-state index < -0.39 is 0 Å². The smallest absolute Gasteiger partial charge is 0.249 e. The molecule has 0 unspecified atom stereocenters. The Bertz CT molecular complexity index is 255. The second kappa shape index (κ2) is 3.05. The summed E-state index contributed by atoms with van der Waals surface area (Å²) in [5.74, 6) is 0. The Hall–Kier alpha value is -0.830. The van der Waals surface area contributed by atoms with Crippen molar-refractivity contribution in [1.29, 1.82) is 0 Å². The number of nitrogens with zero attached hydrogens (tertiary/aromatic N) is 1. The summed E-state index contributed by atoms with van der Waals surface area (Å²) < 4.78 is 0. The average Bonchev–Trinajstić information content (AvgIpc) is 1.85. The highest BCUT2D eigenvalue weighted by Crippen LogP contribution is 2.25. The van der Waals surface area contributed by atoms with E-state index in [9.17, 15) is 10.1 Å². The maximum absolute atomic E-state index is 10.3. The Balaban J connectivity index is 2.95. The van der Waals surface area contributed by atoms with Crippen molar-refractivity contribution in [1.82, 2.24) is 0 Å². The predicted molar refractivity (Wildman–Crippen MR) is 42.9 cm³/mol. The first-order valence-corrected chi connectivity index (χ1v) is 3.69. The third-order valence-electron chi connectivity index (χ3n) is 1.65. The van der Waals surface area contributed by atoms with Crippen LogP contribution in [0.2, 0.25) is 0 Å². The molecule has 1 rings (SSSR count). The molecule has 0 saturated carbocycles. The van der Waals surface area contributed by atoms with E-state index in [1.807, 2.05) is 0 Å². The monoisotopic (exact) mass is 173 g/mol. The molecule has 0 heterocycles. The SMILES string of the molecule is CC1=C([N+](=O)[O-])CCC(Cl)=C1. The lowest BCUT2D eigenvalue weighted by Gasteiger charge is -2.06. The minimum absolute atomic E-state index is 0.286. The molecule has 11 heavy (non-hydrogen) atoms. The van der Waals surface area contributed by atoms with Gasteiger partial charge in [-0.1, -0.05) is 11.6 Å². The molecule has 4 heteroatoms. The van der Waals surface area contributed by atoms with Crippen LogP contribution in [-0.4, -0.2) is 4.92 Å². The molecule has 1 aliphatic rings. The van der Waals surface area contributed by atoms with Gasteiger partial charge in [-0.25, -0.2) is 0 Å². The first kappa shape index (κ1) is 8.27. The normalized spacial score (nSPS) is 18.2. The van der Waals surface area contributed by atoms with Gasteiger partial charge < -0.3 is 0 Å². The fourth-order valence-electron chi connectivity index (χ4n) is 1.06. The van der Waals surface area contributed by atoms with Crippen LogP contribution in [0.4, 0.5) is 0 Å². The van der Waals surface area contributed by atoms with Crippen molar-refractivity contribution in [3.8, 4) is 0 Å². The van der Waals surface area contributed by atoms with Crippen molar-refractivity contribution in [2.45, 2.75) is 19.8 Å². The number of allylic oxidation sites excluding steroid dienone is 4.